The fourth-order valence-corrected chi connectivity index (χ4v) is 9.82. The highest BCUT2D eigenvalue weighted by Gasteiger charge is 2.25. The van der Waals surface area contributed by atoms with Crippen LogP contribution in [0.5, 0.6) is 0 Å². The molecule has 0 radical (unpaired) electrons. The van der Waals surface area contributed by atoms with Crippen molar-refractivity contribution >= 4 is 66.0 Å². The normalized spacial score (nSPS) is 17.7. The molecule has 3 nitrogen and oxygen atoms in total. The van der Waals surface area contributed by atoms with Crippen molar-refractivity contribution < 1.29 is 0 Å². The number of hydrogen-bond donors (Lipinski definition) is 1. The molecular formula is C51H41N3S. The number of fused-ring (bicyclic) bond motifs is 7. The molecule has 1 aromatic heterocycles. The quantitative estimate of drug-likeness (QED) is 0.129. The third-order valence-electron chi connectivity index (χ3n) is 11.6. The van der Waals surface area contributed by atoms with Gasteiger partial charge in [-0.25, -0.2) is 4.99 Å². The molecule has 0 spiro atoms. The van der Waals surface area contributed by atoms with Gasteiger partial charge in [-0.3, -0.25) is 4.99 Å². The molecule has 0 amide bonds. The molecule has 2 unspecified atom stereocenters. The highest BCUT2D eigenvalue weighted by atomic mass is 32.1. The molecule has 266 valence electrons. The molecule has 0 saturated heterocycles. The van der Waals surface area contributed by atoms with Crippen molar-refractivity contribution in [1.82, 2.24) is 0 Å². The zero-order valence-electron chi connectivity index (χ0n) is 30.7. The van der Waals surface area contributed by atoms with Crippen LogP contribution in [0.4, 0.5) is 0 Å². The summed E-state index contributed by atoms with van der Waals surface area (Å²) in [5, 5.41) is 5.08. The van der Waals surface area contributed by atoms with Gasteiger partial charge >= 0.3 is 0 Å². The van der Waals surface area contributed by atoms with E-state index in [0.717, 1.165) is 54.2 Å². The van der Waals surface area contributed by atoms with Crippen molar-refractivity contribution in [1.29, 1.82) is 0 Å². The zero-order chi connectivity index (χ0) is 36.7. The highest BCUT2D eigenvalue weighted by Crippen LogP contribution is 2.43. The van der Waals surface area contributed by atoms with Gasteiger partial charge in [0, 0.05) is 37.9 Å². The van der Waals surface area contributed by atoms with Crippen LogP contribution < -0.4 is 5.73 Å². The molecule has 4 heteroatoms. The lowest BCUT2D eigenvalue weighted by Crippen LogP contribution is -2.15. The summed E-state index contributed by atoms with van der Waals surface area (Å²) in [5.41, 5.74) is 20.0. The van der Waals surface area contributed by atoms with Crippen LogP contribution in [0.15, 0.2) is 178 Å². The number of aryl methyl sites for hydroxylation is 1. The van der Waals surface area contributed by atoms with E-state index in [9.17, 15) is 0 Å². The lowest BCUT2D eigenvalue weighted by Gasteiger charge is -2.30. The van der Waals surface area contributed by atoms with E-state index in [0.29, 0.717) is 11.8 Å². The van der Waals surface area contributed by atoms with Gasteiger partial charge in [-0.2, -0.15) is 0 Å². The van der Waals surface area contributed by atoms with Gasteiger partial charge in [0.25, 0.3) is 0 Å². The van der Waals surface area contributed by atoms with Crippen LogP contribution in [0.3, 0.4) is 0 Å². The molecule has 3 aliphatic rings. The van der Waals surface area contributed by atoms with Crippen molar-refractivity contribution in [2.45, 2.75) is 38.3 Å². The molecule has 2 N–H and O–H groups in total. The molecule has 0 saturated carbocycles. The van der Waals surface area contributed by atoms with E-state index in [4.69, 9.17) is 15.7 Å². The number of nitrogens with zero attached hydrogens (tertiary/aromatic N) is 2. The average Bonchev–Trinajstić information content (AvgIpc) is 3.63. The molecule has 2 atom stereocenters. The van der Waals surface area contributed by atoms with E-state index < -0.39 is 6.17 Å². The molecule has 6 aromatic carbocycles. The van der Waals surface area contributed by atoms with Crippen LogP contribution in [0, 0.1) is 5.92 Å². The number of amidine groups is 1. The number of thiophene rings is 1. The Morgan fingerprint density at radius 3 is 2.42 bits per heavy atom. The maximum atomic E-state index is 6.94. The molecular weight excluding hydrogens is 687 g/mol. The molecule has 1 heterocycles. The van der Waals surface area contributed by atoms with Crippen LogP contribution in [-0.4, -0.2) is 12.1 Å². The first-order valence-electron chi connectivity index (χ1n) is 19.4. The molecule has 55 heavy (non-hydrogen) atoms. The lowest BCUT2D eigenvalue weighted by atomic mass is 9.75. The Kier molecular flexibility index (Phi) is 8.69. The van der Waals surface area contributed by atoms with E-state index in [-0.39, 0.29) is 0 Å². The monoisotopic (exact) mass is 727 g/mol. The number of allylic oxidation sites excluding steroid dienone is 7. The number of rotatable bonds is 7. The Hall–Kier alpha value is -6.10. The summed E-state index contributed by atoms with van der Waals surface area (Å²) in [6.45, 7) is 0. The lowest BCUT2D eigenvalue weighted by molar-refractivity contribution is 0.666. The Morgan fingerprint density at radius 1 is 0.709 bits per heavy atom. The largest absolute Gasteiger partial charge is 0.383 e. The van der Waals surface area contributed by atoms with Gasteiger partial charge in [0.2, 0.25) is 0 Å². The predicted molar refractivity (Wildman–Crippen MR) is 235 cm³/mol. The second-order valence-electron chi connectivity index (χ2n) is 14.9. The first-order chi connectivity index (χ1) is 27.1. The number of hydrogen-bond acceptors (Lipinski definition) is 3. The van der Waals surface area contributed by atoms with Crippen molar-refractivity contribution in [2.24, 2.45) is 21.6 Å². The van der Waals surface area contributed by atoms with Crippen LogP contribution in [0.25, 0.3) is 42.6 Å². The van der Waals surface area contributed by atoms with Gasteiger partial charge in [-0.1, -0.05) is 145 Å². The predicted octanol–water partition coefficient (Wildman–Crippen LogP) is 12.8. The second-order valence-corrected chi connectivity index (χ2v) is 16.0. The molecule has 0 fully saturated rings. The molecule has 3 aliphatic carbocycles. The second kappa shape index (κ2) is 14.3. The molecule has 7 aromatic rings. The van der Waals surface area contributed by atoms with E-state index in [1.54, 1.807) is 11.1 Å². The van der Waals surface area contributed by atoms with Gasteiger partial charge < -0.3 is 5.73 Å². The van der Waals surface area contributed by atoms with Crippen LogP contribution in [0.1, 0.15) is 65.2 Å². The zero-order valence-corrected chi connectivity index (χ0v) is 31.5. The SMILES string of the molecule is NC(=NC(N=Cc1ccccc1)c1ccccc1)c1cccc2sc3ccc(C4=CCC5C=C(C6=Cc7c(ccc8ccccc78)CC6)CCC5=C4)cc3c12. The fourth-order valence-electron chi connectivity index (χ4n) is 8.71. The maximum absolute atomic E-state index is 6.94. The smallest absolute Gasteiger partial charge is 0.167 e. The average molecular weight is 728 g/mol. The number of benzene rings is 6. The molecule has 0 aliphatic heterocycles. The Balaban J connectivity index is 0.954. The first kappa shape index (κ1) is 33.5. The standard InChI is InChI=1S/C51H41N3S/c52-50(54-51(36-13-5-2-6-14-36)53-32-33-10-3-1-4-11-33)44-16-9-17-48-49(44)46-31-42(26-27-47(46)55-48)40-25-23-37-28-39(24-22-38(37)29-40)41-21-20-35-19-18-34-12-7-8-15-43(34)45(35)30-41/h1-19,25-32,37,51H,20-24H2,(H2,52,54). The fraction of sp³-hybridized carbons (Fsp3) is 0.137. The van der Waals surface area contributed by atoms with E-state index in [1.165, 1.54) is 53.4 Å². The third-order valence-corrected chi connectivity index (χ3v) is 12.7. The van der Waals surface area contributed by atoms with Gasteiger partial charge in [0.1, 0.15) is 5.84 Å². The van der Waals surface area contributed by atoms with Crippen molar-refractivity contribution in [3.63, 3.8) is 0 Å². The summed E-state index contributed by atoms with van der Waals surface area (Å²) < 4.78 is 2.46. The van der Waals surface area contributed by atoms with Gasteiger partial charge in [-0.05, 0) is 106 Å². The highest BCUT2D eigenvalue weighted by molar-refractivity contribution is 7.25. The summed E-state index contributed by atoms with van der Waals surface area (Å²) in [4.78, 5) is 9.97. The third kappa shape index (κ3) is 6.47. The van der Waals surface area contributed by atoms with Crippen molar-refractivity contribution in [2.75, 3.05) is 0 Å². The topological polar surface area (TPSA) is 50.7 Å². The van der Waals surface area contributed by atoms with Crippen molar-refractivity contribution in [3.05, 3.63) is 202 Å². The summed E-state index contributed by atoms with van der Waals surface area (Å²) >= 11 is 1.81. The Morgan fingerprint density at radius 2 is 1.53 bits per heavy atom. The summed E-state index contributed by atoms with van der Waals surface area (Å²) in [7, 11) is 0. The van der Waals surface area contributed by atoms with E-state index in [2.05, 4.69) is 109 Å². The number of nitrogens with two attached hydrogens (primary N) is 1. The van der Waals surface area contributed by atoms with Crippen LogP contribution in [0.2, 0.25) is 0 Å². The van der Waals surface area contributed by atoms with Gasteiger partial charge in [-0.15, -0.1) is 11.3 Å². The summed E-state index contributed by atoms with van der Waals surface area (Å²) in [6.07, 6.45) is 16.9. The van der Waals surface area contributed by atoms with Gasteiger partial charge in [0.15, 0.2) is 6.17 Å². The van der Waals surface area contributed by atoms with Crippen LogP contribution in [-0.2, 0) is 6.42 Å². The van der Waals surface area contributed by atoms with Gasteiger partial charge in [0.05, 0.1) is 0 Å². The number of aliphatic imine (C=N–C) groups is 2. The Labute approximate surface area is 326 Å². The van der Waals surface area contributed by atoms with Crippen LogP contribution >= 0.6 is 11.3 Å². The van der Waals surface area contributed by atoms with E-state index in [1.807, 2.05) is 66.1 Å². The minimum Gasteiger partial charge on any atom is -0.383 e. The summed E-state index contributed by atoms with van der Waals surface area (Å²) in [6, 6.07) is 47.1. The summed E-state index contributed by atoms with van der Waals surface area (Å²) in [5.74, 6) is 0.962. The van der Waals surface area contributed by atoms with E-state index >= 15 is 0 Å². The maximum Gasteiger partial charge on any atom is 0.167 e. The Bertz CT molecular complexity index is 2800. The molecule has 0 bridgehead atoms. The molecule has 10 rings (SSSR count). The van der Waals surface area contributed by atoms with Crippen molar-refractivity contribution in [3.8, 4) is 0 Å². The minimum absolute atomic E-state index is 0.459. The minimum atomic E-state index is -0.459. The first-order valence-corrected chi connectivity index (χ1v) is 20.2.